The van der Waals surface area contributed by atoms with Gasteiger partial charge in [0.1, 0.15) is 0 Å². The maximum atomic E-state index is 12.2. The molecule has 0 fully saturated rings. The second-order valence-electron chi connectivity index (χ2n) is 3.42. The van der Waals surface area contributed by atoms with Crippen LogP contribution in [0, 0.1) is 0 Å². The van der Waals surface area contributed by atoms with E-state index in [9.17, 15) is 8.42 Å². The Morgan fingerprint density at radius 2 is 1.76 bits per heavy atom. The monoisotopic (exact) mass is 259 g/mol. The van der Waals surface area contributed by atoms with E-state index in [1.165, 1.54) is 14.2 Å². The van der Waals surface area contributed by atoms with Crippen molar-refractivity contribution in [3.05, 3.63) is 29.8 Å². The van der Waals surface area contributed by atoms with Gasteiger partial charge in [-0.05, 0) is 18.1 Å². The first-order chi connectivity index (χ1) is 8.07. The van der Waals surface area contributed by atoms with Gasteiger partial charge in [-0.15, -0.1) is 0 Å². The van der Waals surface area contributed by atoms with Gasteiger partial charge in [0.05, 0.1) is 23.7 Å². The lowest BCUT2D eigenvalue weighted by Gasteiger charge is -2.17. The molecule has 0 unspecified atom stereocenters. The number of nitrogens with zero attached hydrogens (tertiary/aromatic N) is 1. The normalized spacial score (nSPS) is 12.0. The number of sulfonamides is 1. The van der Waals surface area contributed by atoms with Gasteiger partial charge in [0.25, 0.3) is 10.0 Å². The molecule has 1 aromatic carbocycles. The highest BCUT2D eigenvalue weighted by atomic mass is 32.2. The van der Waals surface area contributed by atoms with Crippen molar-refractivity contribution in [2.75, 3.05) is 14.2 Å². The van der Waals surface area contributed by atoms with Crippen LogP contribution in [-0.2, 0) is 26.1 Å². The molecule has 0 bridgehead atoms. The van der Waals surface area contributed by atoms with E-state index in [1.807, 2.05) is 13.0 Å². The van der Waals surface area contributed by atoms with Crippen molar-refractivity contribution in [2.45, 2.75) is 24.7 Å². The highest BCUT2D eigenvalue weighted by Gasteiger charge is 2.27. The lowest BCUT2D eigenvalue weighted by Crippen LogP contribution is -2.29. The Bertz CT molecular complexity index is 454. The second-order valence-corrected chi connectivity index (χ2v) is 5.11. The molecule has 0 N–H and O–H groups in total. The minimum absolute atomic E-state index is 0.213. The lowest BCUT2D eigenvalue weighted by atomic mass is 10.1. The molecule has 0 amide bonds. The first-order valence-corrected chi connectivity index (χ1v) is 6.73. The van der Waals surface area contributed by atoms with E-state index in [0.717, 1.165) is 12.0 Å². The Labute approximate surface area is 102 Å². The highest BCUT2D eigenvalue weighted by Crippen LogP contribution is 2.21. The zero-order valence-corrected chi connectivity index (χ0v) is 11.0. The Morgan fingerprint density at radius 1 is 1.18 bits per heavy atom. The zero-order chi connectivity index (χ0) is 12.9. The summed E-state index contributed by atoms with van der Waals surface area (Å²) in [5, 5.41) is 0. The van der Waals surface area contributed by atoms with Gasteiger partial charge in [-0.1, -0.05) is 31.5 Å². The third kappa shape index (κ3) is 3.04. The van der Waals surface area contributed by atoms with Crippen LogP contribution >= 0.6 is 0 Å². The van der Waals surface area contributed by atoms with E-state index in [2.05, 4.69) is 9.68 Å². The summed E-state index contributed by atoms with van der Waals surface area (Å²) in [7, 11) is -1.29. The SMILES string of the molecule is CCCc1ccccc1S(=O)(=O)N(OC)OC. The van der Waals surface area contributed by atoms with Crippen molar-refractivity contribution in [1.82, 2.24) is 4.63 Å². The van der Waals surface area contributed by atoms with Gasteiger partial charge in [-0.25, -0.2) is 8.42 Å². The van der Waals surface area contributed by atoms with Crippen LogP contribution in [0.4, 0.5) is 0 Å². The van der Waals surface area contributed by atoms with Crippen molar-refractivity contribution in [3.8, 4) is 0 Å². The zero-order valence-electron chi connectivity index (χ0n) is 10.2. The number of hydrogen-bond acceptors (Lipinski definition) is 4. The van der Waals surface area contributed by atoms with E-state index >= 15 is 0 Å². The summed E-state index contributed by atoms with van der Waals surface area (Å²) in [6.07, 6.45) is 1.56. The molecule has 0 aliphatic carbocycles. The summed E-state index contributed by atoms with van der Waals surface area (Å²) < 4.78 is 24.8. The molecule has 0 atom stereocenters. The second kappa shape index (κ2) is 6.11. The quantitative estimate of drug-likeness (QED) is 0.730. The summed E-state index contributed by atoms with van der Waals surface area (Å²) in [6.45, 7) is 1.99. The molecule has 5 nitrogen and oxygen atoms in total. The van der Waals surface area contributed by atoms with E-state index in [4.69, 9.17) is 0 Å². The fourth-order valence-corrected chi connectivity index (χ4v) is 2.89. The van der Waals surface area contributed by atoms with Gasteiger partial charge in [0.2, 0.25) is 0 Å². The topological polar surface area (TPSA) is 55.8 Å². The summed E-state index contributed by atoms with van der Waals surface area (Å²) in [5.74, 6) is 0. The minimum Gasteiger partial charge on any atom is -0.264 e. The van der Waals surface area contributed by atoms with Crippen LogP contribution in [0.25, 0.3) is 0 Å². The fourth-order valence-electron chi connectivity index (χ4n) is 1.58. The Morgan fingerprint density at radius 3 is 2.29 bits per heavy atom. The van der Waals surface area contributed by atoms with Gasteiger partial charge < -0.3 is 0 Å². The molecule has 96 valence electrons. The van der Waals surface area contributed by atoms with Crippen LogP contribution in [0.2, 0.25) is 0 Å². The predicted octanol–water partition coefficient (Wildman–Crippen LogP) is 1.75. The summed E-state index contributed by atoms with van der Waals surface area (Å²) in [5.41, 5.74) is 0.758. The Kier molecular flexibility index (Phi) is 5.07. The van der Waals surface area contributed by atoms with Gasteiger partial charge in [-0.3, -0.25) is 9.68 Å². The highest BCUT2D eigenvalue weighted by molar-refractivity contribution is 7.88. The van der Waals surface area contributed by atoms with E-state index < -0.39 is 10.0 Å². The molecule has 0 aromatic heterocycles. The molecular weight excluding hydrogens is 242 g/mol. The van der Waals surface area contributed by atoms with Gasteiger partial charge in [0, 0.05) is 0 Å². The van der Waals surface area contributed by atoms with Crippen LogP contribution in [0.15, 0.2) is 29.2 Å². The maximum absolute atomic E-state index is 12.2. The average Bonchev–Trinajstić information content (AvgIpc) is 2.31. The molecule has 6 heteroatoms. The molecule has 0 radical (unpaired) electrons. The standard InChI is InChI=1S/C11H17NO4S/c1-4-7-10-8-5-6-9-11(10)17(13,14)12(15-2)16-3/h5-6,8-9H,4,7H2,1-3H3. The molecule has 0 heterocycles. The van der Waals surface area contributed by atoms with Gasteiger partial charge in [0.15, 0.2) is 0 Å². The summed E-state index contributed by atoms with van der Waals surface area (Å²) in [6, 6.07) is 6.83. The number of aryl methyl sites for hydroxylation is 1. The van der Waals surface area contributed by atoms with Gasteiger partial charge >= 0.3 is 0 Å². The van der Waals surface area contributed by atoms with Crippen LogP contribution in [0.3, 0.4) is 0 Å². The first kappa shape index (κ1) is 14.1. The molecular formula is C11H17NO4S. The summed E-state index contributed by atoms with van der Waals surface area (Å²) in [4.78, 5) is 9.56. The minimum atomic E-state index is -3.77. The van der Waals surface area contributed by atoms with Gasteiger partial charge in [-0.2, -0.15) is 0 Å². The summed E-state index contributed by atoms with van der Waals surface area (Å²) >= 11 is 0. The molecule has 0 saturated carbocycles. The van der Waals surface area contributed by atoms with Crippen molar-refractivity contribution >= 4 is 10.0 Å². The van der Waals surface area contributed by atoms with E-state index in [0.29, 0.717) is 11.1 Å². The number of benzene rings is 1. The Hall–Kier alpha value is -0.950. The van der Waals surface area contributed by atoms with Crippen molar-refractivity contribution in [3.63, 3.8) is 0 Å². The average molecular weight is 259 g/mol. The van der Waals surface area contributed by atoms with Crippen LogP contribution in [0.1, 0.15) is 18.9 Å². The molecule has 1 aromatic rings. The lowest BCUT2D eigenvalue weighted by molar-refractivity contribution is -0.270. The van der Waals surface area contributed by atoms with Crippen LogP contribution in [-0.4, -0.2) is 27.3 Å². The first-order valence-electron chi connectivity index (χ1n) is 5.29. The van der Waals surface area contributed by atoms with Crippen LogP contribution in [0.5, 0.6) is 0 Å². The van der Waals surface area contributed by atoms with Crippen molar-refractivity contribution in [1.29, 1.82) is 0 Å². The Balaban J connectivity index is 3.23. The third-order valence-electron chi connectivity index (χ3n) is 2.26. The van der Waals surface area contributed by atoms with Crippen LogP contribution < -0.4 is 0 Å². The predicted molar refractivity (Wildman–Crippen MR) is 63.5 cm³/mol. The molecule has 0 saturated heterocycles. The largest absolute Gasteiger partial charge is 0.289 e. The third-order valence-corrected chi connectivity index (χ3v) is 3.91. The van der Waals surface area contributed by atoms with Crippen molar-refractivity contribution < 1.29 is 18.1 Å². The smallest absolute Gasteiger partial charge is 0.264 e. The molecule has 1 rings (SSSR count). The number of rotatable bonds is 6. The van der Waals surface area contributed by atoms with Crippen molar-refractivity contribution in [2.24, 2.45) is 0 Å². The van der Waals surface area contributed by atoms with E-state index in [-0.39, 0.29) is 4.90 Å². The van der Waals surface area contributed by atoms with E-state index in [1.54, 1.807) is 18.2 Å². The molecule has 0 aliphatic heterocycles. The molecule has 0 aliphatic rings. The number of hydrogen-bond donors (Lipinski definition) is 0. The maximum Gasteiger partial charge on any atom is 0.289 e. The molecule has 17 heavy (non-hydrogen) atoms. The molecule has 0 spiro atoms. The fraction of sp³-hybridized carbons (Fsp3) is 0.455.